The Bertz CT molecular complexity index is 547. The Labute approximate surface area is 117 Å². The summed E-state index contributed by atoms with van der Waals surface area (Å²) in [6.07, 6.45) is 0. The molecule has 10 heteroatoms. The van der Waals surface area contributed by atoms with Crippen molar-refractivity contribution in [1.82, 2.24) is 5.32 Å². The Hall–Kier alpha value is -2.17. The second-order valence-electron chi connectivity index (χ2n) is 3.86. The molecule has 0 fully saturated rings. The minimum atomic E-state index is -0.905. The molecule has 9 nitrogen and oxygen atoms in total. The first-order valence-corrected chi connectivity index (χ1v) is 6.25. The second-order valence-corrected chi connectivity index (χ2v) is 4.75. The zero-order chi connectivity index (χ0) is 14.7. The van der Waals surface area contributed by atoms with Crippen molar-refractivity contribution in [2.24, 2.45) is 15.4 Å². The lowest BCUT2D eigenvalue weighted by molar-refractivity contribution is -0.119. The first-order valence-electron chi connectivity index (χ1n) is 5.41. The van der Waals surface area contributed by atoms with Crippen molar-refractivity contribution in [1.29, 1.82) is 0 Å². The van der Waals surface area contributed by atoms with Crippen LogP contribution in [0.2, 0.25) is 0 Å². The van der Waals surface area contributed by atoms with Gasteiger partial charge < -0.3 is 21.5 Å². The smallest absolute Gasteiger partial charge is 0.252 e. The Morgan fingerprint density at radius 3 is 2.60 bits per heavy atom. The Morgan fingerprint density at radius 2 is 2.05 bits per heavy atom. The van der Waals surface area contributed by atoms with Gasteiger partial charge in [0.25, 0.3) is 5.91 Å². The molecule has 106 valence electrons. The summed E-state index contributed by atoms with van der Waals surface area (Å²) in [5.74, 6) is -1.15. The van der Waals surface area contributed by atoms with Gasteiger partial charge in [-0.15, -0.1) is 4.52 Å². The molecule has 2 atom stereocenters. The summed E-state index contributed by atoms with van der Waals surface area (Å²) in [7, 11) is 0. The van der Waals surface area contributed by atoms with Crippen molar-refractivity contribution in [2.45, 2.75) is 11.4 Å². The van der Waals surface area contributed by atoms with E-state index < -0.39 is 23.2 Å². The zero-order valence-electron chi connectivity index (χ0n) is 9.96. The van der Waals surface area contributed by atoms with Crippen LogP contribution in [0.3, 0.4) is 0 Å². The first-order chi connectivity index (χ1) is 9.49. The summed E-state index contributed by atoms with van der Waals surface area (Å²) < 4.78 is 3.60. The van der Waals surface area contributed by atoms with Gasteiger partial charge in [0.2, 0.25) is 5.91 Å². The highest BCUT2D eigenvalue weighted by Crippen LogP contribution is 2.25. The number of nitrogens with zero attached hydrogens (tertiary/aromatic N) is 3. The SMILES string of the molecule is NC(=O)C1N=NSC1NC(=O)c1ccc(N([O-])O)cc1. The molecule has 2 unspecified atom stereocenters. The fourth-order valence-corrected chi connectivity index (χ4v) is 2.23. The molecule has 0 saturated heterocycles. The molecule has 0 aromatic heterocycles. The van der Waals surface area contributed by atoms with E-state index >= 15 is 0 Å². The van der Waals surface area contributed by atoms with Gasteiger partial charge >= 0.3 is 0 Å². The fraction of sp³-hybridized carbons (Fsp3) is 0.200. The highest BCUT2D eigenvalue weighted by Gasteiger charge is 2.33. The molecule has 1 aromatic rings. The third-order valence-electron chi connectivity index (χ3n) is 2.53. The molecule has 4 N–H and O–H groups in total. The van der Waals surface area contributed by atoms with Crippen LogP contribution >= 0.6 is 11.9 Å². The Kier molecular flexibility index (Phi) is 4.17. The second kappa shape index (κ2) is 5.86. The number of amides is 2. The maximum absolute atomic E-state index is 11.9. The van der Waals surface area contributed by atoms with Gasteiger partial charge in [-0.2, -0.15) is 5.11 Å². The van der Waals surface area contributed by atoms with Crippen LogP contribution in [0, 0.1) is 5.21 Å². The highest BCUT2D eigenvalue weighted by molar-refractivity contribution is 7.98. The molecule has 0 bridgehead atoms. The molecule has 0 spiro atoms. The molecule has 0 saturated carbocycles. The number of anilines is 1. The quantitative estimate of drug-likeness (QED) is 0.542. The Balaban J connectivity index is 2.03. The van der Waals surface area contributed by atoms with Crippen LogP contribution in [0.15, 0.2) is 33.9 Å². The summed E-state index contributed by atoms with van der Waals surface area (Å²) in [5.41, 5.74) is 5.38. The summed E-state index contributed by atoms with van der Waals surface area (Å²) in [6.45, 7) is 0. The van der Waals surface area contributed by atoms with E-state index in [-0.39, 0.29) is 16.5 Å². The van der Waals surface area contributed by atoms with Crippen molar-refractivity contribution in [2.75, 3.05) is 5.23 Å². The van der Waals surface area contributed by atoms with E-state index in [0.29, 0.717) is 0 Å². The molecule has 20 heavy (non-hydrogen) atoms. The number of primary amides is 1. The molecule has 1 aromatic carbocycles. The molecule has 1 aliphatic heterocycles. The average molecular weight is 296 g/mol. The monoisotopic (exact) mass is 296 g/mol. The number of benzene rings is 1. The van der Waals surface area contributed by atoms with Gasteiger partial charge in [-0.1, -0.05) is 0 Å². The van der Waals surface area contributed by atoms with Crippen LogP contribution < -0.4 is 16.3 Å². The summed E-state index contributed by atoms with van der Waals surface area (Å²) in [4.78, 5) is 23.0. The number of hydrogen-bond donors (Lipinski definition) is 3. The van der Waals surface area contributed by atoms with Gasteiger partial charge in [0.15, 0.2) is 6.04 Å². The van der Waals surface area contributed by atoms with Crippen LogP contribution in [0.5, 0.6) is 0 Å². The number of carbonyl (C=O) groups is 2. The van der Waals surface area contributed by atoms with E-state index in [4.69, 9.17) is 10.9 Å². The predicted octanol–water partition coefficient (Wildman–Crippen LogP) is 0.404. The molecule has 1 heterocycles. The topological polar surface area (TPSA) is 143 Å². The number of nitrogens with two attached hydrogens (primary N) is 1. The number of hydrogen-bond acceptors (Lipinski definition) is 8. The minimum Gasteiger partial charge on any atom is -0.733 e. The largest absolute Gasteiger partial charge is 0.733 e. The van der Waals surface area contributed by atoms with Crippen molar-refractivity contribution in [3.63, 3.8) is 0 Å². The maximum atomic E-state index is 11.9. The van der Waals surface area contributed by atoms with E-state index in [1.165, 1.54) is 24.3 Å². The number of rotatable bonds is 4. The van der Waals surface area contributed by atoms with Crippen molar-refractivity contribution in [3.8, 4) is 0 Å². The standard InChI is InChI=1S/C10H10N5O4S/c11-8(16)7-10(20-14-13-7)12-9(17)5-1-3-6(4-2-5)15(18)19/h1-4,7,10,18H,(H2,11,16)(H,12,17)/q-1. The van der Waals surface area contributed by atoms with Crippen molar-refractivity contribution in [3.05, 3.63) is 35.0 Å². The lowest BCUT2D eigenvalue weighted by Crippen LogP contribution is -2.44. The molecule has 2 rings (SSSR count). The van der Waals surface area contributed by atoms with E-state index in [1.807, 2.05) is 0 Å². The molecule has 2 amide bonds. The fourth-order valence-electron chi connectivity index (χ4n) is 1.51. The molecule has 0 radical (unpaired) electrons. The van der Waals surface area contributed by atoms with E-state index in [2.05, 4.69) is 15.0 Å². The van der Waals surface area contributed by atoms with Gasteiger partial charge in [0.05, 0.1) is 5.69 Å². The van der Waals surface area contributed by atoms with Crippen LogP contribution in [0.25, 0.3) is 0 Å². The zero-order valence-corrected chi connectivity index (χ0v) is 10.8. The number of carbonyl (C=O) groups excluding carboxylic acids is 2. The average Bonchev–Trinajstić information content (AvgIpc) is 2.87. The third-order valence-corrected chi connectivity index (χ3v) is 3.33. The summed E-state index contributed by atoms with van der Waals surface area (Å²) in [5, 5.41) is 24.5. The highest BCUT2D eigenvalue weighted by atomic mass is 32.2. The Morgan fingerprint density at radius 1 is 1.40 bits per heavy atom. The lowest BCUT2D eigenvalue weighted by atomic mass is 10.2. The van der Waals surface area contributed by atoms with Gasteiger partial charge in [0.1, 0.15) is 5.37 Å². The van der Waals surface area contributed by atoms with Crippen LogP contribution in [-0.4, -0.2) is 28.4 Å². The van der Waals surface area contributed by atoms with Gasteiger partial charge in [-0.05, 0) is 24.3 Å². The van der Waals surface area contributed by atoms with Crippen LogP contribution in [0.4, 0.5) is 5.69 Å². The summed E-state index contributed by atoms with van der Waals surface area (Å²) in [6, 6.07) is 4.38. The van der Waals surface area contributed by atoms with Crippen LogP contribution in [-0.2, 0) is 4.79 Å². The molecule has 0 aliphatic carbocycles. The minimum absolute atomic E-state index is 0.00296. The van der Waals surface area contributed by atoms with Crippen LogP contribution in [0.1, 0.15) is 10.4 Å². The maximum Gasteiger partial charge on any atom is 0.252 e. The summed E-state index contributed by atoms with van der Waals surface area (Å²) >= 11 is 0.937. The van der Waals surface area contributed by atoms with E-state index in [0.717, 1.165) is 11.9 Å². The molecular weight excluding hydrogens is 286 g/mol. The van der Waals surface area contributed by atoms with E-state index in [1.54, 1.807) is 0 Å². The third kappa shape index (κ3) is 3.04. The van der Waals surface area contributed by atoms with Gasteiger partial charge in [-0.25, -0.2) is 0 Å². The van der Waals surface area contributed by atoms with Crippen molar-refractivity contribution >= 4 is 29.4 Å². The number of nitrogens with one attached hydrogen (secondary N) is 1. The van der Waals surface area contributed by atoms with Crippen molar-refractivity contribution < 1.29 is 14.8 Å². The lowest BCUT2D eigenvalue weighted by Gasteiger charge is -2.21. The normalized spacial score (nSPS) is 20.7. The molecular formula is C10H10N5O4S-. The van der Waals surface area contributed by atoms with Gasteiger partial charge in [0, 0.05) is 17.5 Å². The molecule has 1 aliphatic rings. The van der Waals surface area contributed by atoms with Gasteiger partial charge in [-0.3, -0.25) is 14.8 Å². The first kappa shape index (κ1) is 14.2. The van der Waals surface area contributed by atoms with E-state index in [9.17, 15) is 14.8 Å². The predicted molar refractivity (Wildman–Crippen MR) is 70.8 cm³/mol.